The van der Waals surface area contributed by atoms with Crippen molar-refractivity contribution >= 4 is 34.3 Å². The summed E-state index contributed by atoms with van der Waals surface area (Å²) in [4.78, 5) is 18.2. The third kappa shape index (κ3) is 4.64. The van der Waals surface area contributed by atoms with Crippen LogP contribution in [-0.2, 0) is 0 Å². The number of aliphatic hydroxyl groups is 1. The van der Waals surface area contributed by atoms with Crippen LogP contribution in [0.25, 0.3) is 5.69 Å². The molecule has 0 amide bonds. The van der Waals surface area contributed by atoms with E-state index in [4.69, 9.17) is 16.3 Å². The molecular formula is C23H20ClN5O3S. The number of pyridine rings is 1. The largest absolute Gasteiger partial charge is 0.494 e. The number of aryl methyl sites for hydroxylation is 1. The number of halogens is 1. The number of nitrogens with zero attached hydrogens (tertiary/aromatic N) is 4. The van der Waals surface area contributed by atoms with E-state index in [1.54, 1.807) is 37.7 Å². The molecule has 33 heavy (non-hydrogen) atoms. The lowest BCUT2D eigenvalue weighted by Crippen LogP contribution is -2.28. The number of thiophene rings is 1. The van der Waals surface area contributed by atoms with Gasteiger partial charge in [-0.25, -0.2) is 4.98 Å². The normalized spacial score (nSPS) is 11.7. The van der Waals surface area contributed by atoms with Crippen molar-refractivity contribution in [2.75, 3.05) is 19.0 Å². The lowest BCUT2D eigenvalue weighted by atomic mass is 10.2. The first-order chi connectivity index (χ1) is 15.9. The highest BCUT2D eigenvalue weighted by molar-refractivity contribution is 7.16. The number of methoxy groups -OCH3 is 1. The summed E-state index contributed by atoms with van der Waals surface area (Å²) >= 11 is 7.31. The molecule has 0 radical (unpaired) electrons. The maximum absolute atomic E-state index is 13.3. The van der Waals surface area contributed by atoms with Gasteiger partial charge in [0.2, 0.25) is 0 Å². The second kappa shape index (κ2) is 9.50. The van der Waals surface area contributed by atoms with Crippen LogP contribution in [0.4, 0.5) is 11.4 Å². The molecular weight excluding hydrogens is 462 g/mol. The first-order valence-electron chi connectivity index (χ1n) is 9.92. The predicted molar refractivity (Wildman–Crippen MR) is 128 cm³/mol. The zero-order valence-electron chi connectivity index (χ0n) is 17.8. The molecule has 168 valence electrons. The summed E-state index contributed by atoms with van der Waals surface area (Å²) in [6.45, 7) is 1.58. The van der Waals surface area contributed by atoms with Gasteiger partial charge in [-0.1, -0.05) is 11.6 Å². The summed E-state index contributed by atoms with van der Waals surface area (Å²) < 4.78 is 9.28. The van der Waals surface area contributed by atoms with Crippen molar-refractivity contribution < 1.29 is 9.84 Å². The van der Waals surface area contributed by atoms with Crippen LogP contribution < -0.4 is 15.6 Å². The molecule has 3 aromatic heterocycles. The van der Waals surface area contributed by atoms with Crippen LogP contribution in [-0.4, -0.2) is 32.9 Å². The molecule has 1 aromatic carbocycles. The van der Waals surface area contributed by atoms with Crippen LogP contribution in [0.15, 0.2) is 59.9 Å². The molecule has 0 saturated heterocycles. The fourth-order valence-corrected chi connectivity index (χ4v) is 4.64. The van der Waals surface area contributed by atoms with Crippen molar-refractivity contribution in [3.63, 3.8) is 0 Å². The average Bonchev–Trinajstić information content (AvgIpc) is 3.44. The molecule has 0 aliphatic heterocycles. The highest BCUT2D eigenvalue weighted by Crippen LogP contribution is 2.30. The molecule has 0 aliphatic rings. The molecule has 2 N–H and O–H groups in total. The topological polar surface area (TPSA) is 105 Å². The second-order valence-electron chi connectivity index (χ2n) is 7.24. The van der Waals surface area contributed by atoms with Crippen LogP contribution in [0.2, 0.25) is 4.34 Å². The molecule has 0 bridgehead atoms. The number of aromatic nitrogens is 3. The molecule has 0 saturated carbocycles. The maximum atomic E-state index is 13.3. The Morgan fingerprint density at radius 2 is 2.12 bits per heavy atom. The van der Waals surface area contributed by atoms with Crippen molar-refractivity contribution in [2.24, 2.45) is 0 Å². The lowest BCUT2D eigenvalue weighted by Gasteiger charge is -2.18. The maximum Gasteiger partial charge on any atom is 0.274 e. The van der Waals surface area contributed by atoms with Crippen molar-refractivity contribution in [2.45, 2.75) is 13.0 Å². The van der Waals surface area contributed by atoms with Crippen LogP contribution in [0, 0.1) is 18.3 Å². The Balaban J connectivity index is 1.73. The number of hydrogen-bond donors (Lipinski definition) is 2. The van der Waals surface area contributed by atoms with Gasteiger partial charge < -0.3 is 24.3 Å². The molecule has 0 spiro atoms. The van der Waals surface area contributed by atoms with E-state index in [1.807, 2.05) is 23.8 Å². The molecule has 0 aliphatic carbocycles. The summed E-state index contributed by atoms with van der Waals surface area (Å²) in [6.07, 6.45) is 5.01. The van der Waals surface area contributed by atoms with Gasteiger partial charge in [0.1, 0.15) is 17.5 Å². The Kier molecular flexibility index (Phi) is 6.51. The van der Waals surface area contributed by atoms with E-state index >= 15 is 0 Å². The number of benzene rings is 1. The van der Waals surface area contributed by atoms with Gasteiger partial charge in [-0.15, -0.1) is 11.3 Å². The second-order valence-corrected chi connectivity index (χ2v) is 8.99. The fourth-order valence-electron chi connectivity index (χ4n) is 3.48. The number of nitriles is 1. The van der Waals surface area contributed by atoms with Crippen LogP contribution in [0.1, 0.15) is 22.2 Å². The van der Waals surface area contributed by atoms with Gasteiger partial charge in [-0.3, -0.25) is 4.79 Å². The summed E-state index contributed by atoms with van der Waals surface area (Å²) in [7, 11) is 1.56. The monoisotopic (exact) mass is 481 g/mol. The summed E-state index contributed by atoms with van der Waals surface area (Å²) in [5.41, 5.74) is 2.36. The Labute approximate surface area is 198 Å². The standard InChI is InChI=1S/C23H20ClN5O3S/c1-14-10-28(13-26-14)18-4-3-16(8-20(18)32-2)27-17-7-15(9-25)11-29(23(17)31)19(12-30)21-5-6-22(24)33-21/h3-8,10-11,13,19,27,30H,12H2,1-2H3/t19-/m0/s1. The SMILES string of the molecule is COc1cc(Nc2cc(C#N)cn([C@@H](CO)c3ccc(Cl)s3)c2=O)ccc1-n1cnc(C)c1. The van der Waals surface area contributed by atoms with E-state index in [0.29, 0.717) is 20.7 Å². The van der Waals surface area contributed by atoms with E-state index < -0.39 is 6.04 Å². The molecule has 8 nitrogen and oxygen atoms in total. The summed E-state index contributed by atoms with van der Waals surface area (Å²) in [5.74, 6) is 0.579. The highest BCUT2D eigenvalue weighted by atomic mass is 35.5. The molecule has 3 heterocycles. The first kappa shape index (κ1) is 22.6. The smallest absolute Gasteiger partial charge is 0.274 e. The number of aliphatic hydroxyl groups excluding tert-OH is 1. The molecule has 10 heteroatoms. The average molecular weight is 482 g/mol. The quantitative estimate of drug-likeness (QED) is 0.408. The minimum absolute atomic E-state index is 0.198. The molecule has 1 atom stereocenters. The fraction of sp³-hybridized carbons (Fsp3) is 0.174. The highest BCUT2D eigenvalue weighted by Gasteiger charge is 2.19. The van der Waals surface area contributed by atoms with Gasteiger partial charge in [0.25, 0.3) is 5.56 Å². The Morgan fingerprint density at radius 1 is 1.30 bits per heavy atom. The number of anilines is 2. The van der Waals surface area contributed by atoms with Crippen LogP contribution in [0.5, 0.6) is 5.75 Å². The minimum atomic E-state index is -0.662. The predicted octanol–water partition coefficient (Wildman–Crippen LogP) is 4.26. The van der Waals surface area contributed by atoms with Gasteiger partial charge in [-0.2, -0.15) is 5.26 Å². The number of hydrogen-bond acceptors (Lipinski definition) is 7. The van der Waals surface area contributed by atoms with Crippen molar-refractivity contribution in [1.82, 2.24) is 14.1 Å². The van der Waals surface area contributed by atoms with Gasteiger partial charge in [0, 0.05) is 29.0 Å². The van der Waals surface area contributed by atoms with Crippen LogP contribution >= 0.6 is 22.9 Å². The lowest BCUT2D eigenvalue weighted by molar-refractivity contribution is 0.249. The molecule has 4 aromatic rings. The number of ether oxygens (including phenoxy) is 1. The van der Waals surface area contributed by atoms with E-state index in [1.165, 1.54) is 28.2 Å². The van der Waals surface area contributed by atoms with Crippen LogP contribution in [0.3, 0.4) is 0 Å². The van der Waals surface area contributed by atoms with E-state index in [9.17, 15) is 15.2 Å². The van der Waals surface area contributed by atoms with Gasteiger partial charge in [0.15, 0.2) is 0 Å². The summed E-state index contributed by atoms with van der Waals surface area (Å²) in [5, 5.41) is 22.6. The minimum Gasteiger partial charge on any atom is -0.494 e. The van der Waals surface area contributed by atoms with Gasteiger partial charge in [-0.05, 0) is 37.3 Å². The summed E-state index contributed by atoms with van der Waals surface area (Å²) in [6, 6.07) is 11.8. The van der Waals surface area contributed by atoms with Gasteiger partial charge >= 0.3 is 0 Å². The van der Waals surface area contributed by atoms with E-state index in [2.05, 4.69) is 16.4 Å². The van der Waals surface area contributed by atoms with Crippen molar-refractivity contribution in [3.05, 3.63) is 85.9 Å². The first-order valence-corrected chi connectivity index (χ1v) is 11.1. The Bertz CT molecular complexity index is 1400. The Morgan fingerprint density at radius 3 is 2.73 bits per heavy atom. The van der Waals surface area contributed by atoms with Gasteiger partial charge in [0.05, 0.1) is 47.4 Å². The third-order valence-electron chi connectivity index (χ3n) is 5.05. The zero-order chi connectivity index (χ0) is 23.5. The molecule has 0 unspecified atom stereocenters. The van der Waals surface area contributed by atoms with E-state index in [-0.39, 0.29) is 23.4 Å². The molecule has 4 rings (SSSR count). The third-order valence-corrected chi connectivity index (χ3v) is 6.38. The van der Waals surface area contributed by atoms with E-state index in [0.717, 1.165) is 11.4 Å². The number of nitrogens with one attached hydrogen (secondary N) is 1. The zero-order valence-corrected chi connectivity index (χ0v) is 19.4. The number of imidazole rings is 1. The van der Waals surface area contributed by atoms with Crippen molar-refractivity contribution in [3.8, 4) is 17.5 Å². The number of rotatable bonds is 7. The molecule has 0 fully saturated rings. The Hall–Kier alpha value is -3.58. The van der Waals surface area contributed by atoms with Crippen molar-refractivity contribution in [1.29, 1.82) is 5.26 Å².